The minimum Gasteiger partial charge on any atom is -0.491 e. The average molecular weight is 346 g/mol. The quantitative estimate of drug-likeness (QED) is 0.670. The number of nitrogens with zero attached hydrogens (tertiary/aromatic N) is 1. The van der Waals surface area contributed by atoms with Crippen LogP contribution in [0.4, 0.5) is 22.0 Å². The zero-order valence-electron chi connectivity index (χ0n) is 12.0. The van der Waals surface area contributed by atoms with Crippen molar-refractivity contribution in [1.29, 1.82) is 0 Å². The number of alkyl halides is 3. The maximum absolute atomic E-state index is 14.0. The van der Waals surface area contributed by atoms with Gasteiger partial charge in [-0.05, 0) is 29.8 Å². The van der Waals surface area contributed by atoms with Crippen LogP contribution in [-0.2, 0) is 5.54 Å². The van der Waals surface area contributed by atoms with E-state index in [4.69, 9.17) is 10.5 Å². The molecule has 4 nitrogen and oxygen atoms in total. The van der Waals surface area contributed by atoms with Crippen LogP contribution in [0.5, 0.6) is 11.5 Å². The Morgan fingerprint density at radius 2 is 1.92 bits per heavy atom. The Morgan fingerprint density at radius 3 is 2.58 bits per heavy atom. The number of hydrogen-bond acceptors (Lipinski definition) is 4. The lowest BCUT2D eigenvalue weighted by molar-refractivity contribution is -0.275. The second-order valence-corrected chi connectivity index (χ2v) is 5.24. The molecule has 0 aliphatic carbocycles. The van der Waals surface area contributed by atoms with Crippen LogP contribution in [0, 0.1) is 11.8 Å². The Balaban J connectivity index is 2.04. The van der Waals surface area contributed by atoms with E-state index < -0.39 is 29.4 Å². The van der Waals surface area contributed by atoms with Crippen LogP contribution in [0.3, 0.4) is 0 Å². The molecule has 2 heterocycles. The molecule has 24 heavy (non-hydrogen) atoms. The van der Waals surface area contributed by atoms with Gasteiger partial charge < -0.3 is 15.2 Å². The molecule has 1 aliphatic rings. The smallest absolute Gasteiger partial charge is 0.491 e. The summed E-state index contributed by atoms with van der Waals surface area (Å²) in [7, 11) is 0. The Bertz CT molecular complexity index is 781. The van der Waals surface area contributed by atoms with Crippen LogP contribution < -0.4 is 15.2 Å². The van der Waals surface area contributed by atoms with Crippen LogP contribution in [0.15, 0.2) is 30.3 Å². The Kier molecular flexibility index (Phi) is 3.83. The third kappa shape index (κ3) is 2.99. The van der Waals surface area contributed by atoms with Gasteiger partial charge in [0.25, 0.3) is 0 Å². The van der Waals surface area contributed by atoms with Crippen LogP contribution in [0.1, 0.15) is 17.7 Å². The number of fused-ring (bicyclic) bond motifs is 1. The Hall–Kier alpha value is -2.42. The second kappa shape index (κ2) is 5.59. The SMILES string of the molecule is NC1(c2ccc(OC(F)(F)F)c(F)c2)CCOc2ccc(F)nc21. The van der Waals surface area contributed by atoms with E-state index >= 15 is 0 Å². The average Bonchev–Trinajstić information content (AvgIpc) is 2.49. The minimum absolute atomic E-state index is 0.0534. The molecular formula is C15H11F5N2O2. The summed E-state index contributed by atoms with van der Waals surface area (Å²) < 4.78 is 72.9. The van der Waals surface area contributed by atoms with E-state index in [0.29, 0.717) is 0 Å². The number of nitrogens with two attached hydrogens (primary N) is 1. The van der Waals surface area contributed by atoms with E-state index in [9.17, 15) is 22.0 Å². The fourth-order valence-electron chi connectivity index (χ4n) is 2.57. The molecule has 0 fully saturated rings. The van der Waals surface area contributed by atoms with Crippen molar-refractivity contribution in [3.05, 3.63) is 53.4 Å². The van der Waals surface area contributed by atoms with E-state index in [-0.39, 0.29) is 30.0 Å². The minimum atomic E-state index is -5.02. The summed E-state index contributed by atoms with van der Waals surface area (Å²) in [4.78, 5) is 3.70. The zero-order chi connectivity index (χ0) is 17.5. The van der Waals surface area contributed by atoms with Gasteiger partial charge in [-0.3, -0.25) is 0 Å². The van der Waals surface area contributed by atoms with Crippen molar-refractivity contribution in [2.75, 3.05) is 6.61 Å². The molecule has 0 bridgehead atoms. The van der Waals surface area contributed by atoms with Gasteiger partial charge in [-0.2, -0.15) is 4.39 Å². The van der Waals surface area contributed by atoms with Gasteiger partial charge in [-0.25, -0.2) is 9.37 Å². The maximum Gasteiger partial charge on any atom is 0.573 e. The van der Waals surface area contributed by atoms with Gasteiger partial charge in [0.05, 0.1) is 12.1 Å². The lowest BCUT2D eigenvalue weighted by Crippen LogP contribution is -2.43. The summed E-state index contributed by atoms with van der Waals surface area (Å²) in [5.41, 5.74) is 5.06. The van der Waals surface area contributed by atoms with Crippen molar-refractivity contribution >= 4 is 0 Å². The monoisotopic (exact) mass is 346 g/mol. The molecule has 128 valence electrons. The number of hydrogen-bond donors (Lipinski definition) is 1. The molecule has 0 saturated carbocycles. The Labute approximate surface area is 133 Å². The first-order valence-electron chi connectivity index (χ1n) is 6.83. The molecular weight excluding hydrogens is 335 g/mol. The second-order valence-electron chi connectivity index (χ2n) is 5.24. The molecule has 1 aliphatic heterocycles. The predicted molar refractivity (Wildman–Crippen MR) is 72.4 cm³/mol. The molecule has 0 amide bonds. The highest BCUT2D eigenvalue weighted by Crippen LogP contribution is 2.40. The first-order chi connectivity index (χ1) is 11.2. The zero-order valence-corrected chi connectivity index (χ0v) is 12.0. The highest BCUT2D eigenvalue weighted by molar-refractivity contribution is 5.45. The van der Waals surface area contributed by atoms with Crippen LogP contribution in [-0.4, -0.2) is 18.0 Å². The van der Waals surface area contributed by atoms with Crippen molar-refractivity contribution in [2.24, 2.45) is 5.73 Å². The highest BCUT2D eigenvalue weighted by atomic mass is 19.4. The first kappa shape index (κ1) is 16.4. The molecule has 2 aromatic rings. The van der Waals surface area contributed by atoms with Gasteiger partial charge in [0.1, 0.15) is 11.4 Å². The van der Waals surface area contributed by atoms with Gasteiger partial charge in [-0.1, -0.05) is 6.07 Å². The van der Waals surface area contributed by atoms with E-state index in [2.05, 4.69) is 9.72 Å². The van der Waals surface area contributed by atoms with Crippen molar-refractivity contribution in [3.8, 4) is 11.5 Å². The van der Waals surface area contributed by atoms with Crippen LogP contribution in [0.2, 0.25) is 0 Å². The predicted octanol–water partition coefficient (Wildman–Crippen LogP) is 3.24. The number of rotatable bonds is 2. The molecule has 1 unspecified atom stereocenters. The largest absolute Gasteiger partial charge is 0.573 e. The van der Waals surface area contributed by atoms with Crippen LogP contribution >= 0.6 is 0 Å². The van der Waals surface area contributed by atoms with Crippen LogP contribution in [0.25, 0.3) is 0 Å². The molecule has 0 saturated heterocycles. The molecule has 0 radical (unpaired) electrons. The summed E-state index contributed by atoms with van der Waals surface area (Å²) in [6.07, 6.45) is -4.87. The number of pyridine rings is 1. The summed E-state index contributed by atoms with van der Waals surface area (Å²) >= 11 is 0. The molecule has 1 aromatic heterocycles. The van der Waals surface area contributed by atoms with Gasteiger partial charge >= 0.3 is 6.36 Å². The topological polar surface area (TPSA) is 57.4 Å². The number of halogens is 5. The fraction of sp³-hybridized carbons (Fsp3) is 0.267. The summed E-state index contributed by atoms with van der Waals surface area (Å²) in [5, 5.41) is 0. The van der Waals surface area contributed by atoms with Gasteiger partial charge in [0.15, 0.2) is 11.6 Å². The molecule has 2 N–H and O–H groups in total. The standard InChI is InChI=1S/C15H11F5N2O2/c16-9-7-8(1-2-10(9)24-15(18,19)20)14(21)5-6-23-11-3-4-12(17)22-13(11)14/h1-4,7H,5-6,21H2. The highest BCUT2D eigenvalue weighted by Gasteiger charge is 2.39. The van der Waals surface area contributed by atoms with Crippen molar-refractivity contribution < 1.29 is 31.4 Å². The van der Waals surface area contributed by atoms with E-state index in [1.165, 1.54) is 12.1 Å². The first-order valence-corrected chi connectivity index (χ1v) is 6.83. The van der Waals surface area contributed by atoms with Crippen molar-refractivity contribution in [2.45, 2.75) is 18.3 Å². The van der Waals surface area contributed by atoms with Gasteiger partial charge in [0, 0.05) is 6.42 Å². The lowest BCUT2D eigenvalue weighted by Gasteiger charge is -2.34. The summed E-state index contributed by atoms with van der Waals surface area (Å²) in [5.74, 6) is -2.78. The lowest BCUT2D eigenvalue weighted by atomic mass is 9.82. The third-order valence-corrected chi connectivity index (χ3v) is 3.67. The number of ether oxygens (including phenoxy) is 2. The summed E-state index contributed by atoms with van der Waals surface area (Å²) in [6, 6.07) is 5.26. The van der Waals surface area contributed by atoms with E-state index in [1.54, 1.807) is 0 Å². The van der Waals surface area contributed by atoms with Crippen molar-refractivity contribution in [1.82, 2.24) is 4.98 Å². The van der Waals surface area contributed by atoms with Crippen molar-refractivity contribution in [3.63, 3.8) is 0 Å². The molecule has 9 heteroatoms. The number of benzene rings is 1. The Morgan fingerprint density at radius 1 is 1.17 bits per heavy atom. The van der Waals surface area contributed by atoms with E-state index in [0.717, 1.165) is 18.2 Å². The maximum atomic E-state index is 14.0. The number of aromatic nitrogens is 1. The fourth-order valence-corrected chi connectivity index (χ4v) is 2.57. The van der Waals surface area contributed by atoms with E-state index in [1.807, 2.05) is 0 Å². The van der Waals surface area contributed by atoms with Gasteiger partial charge in [0.2, 0.25) is 5.95 Å². The third-order valence-electron chi connectivity index (χ3n) is 3.67. The normalized spacial score (nSPS) is 20.2. The molecule has 3 rings (SSSR count). The molecule has 0 spiro atoms. The summed E-state index contributed by atoms with van der Waals surface area (Å²) in [6.45, 7) is 0.166. The van der Waals surface area contributed by atoms with Gasteiger partial charge in [-0.15, -0.1) is 13.2 Å². The molecule has 1 atom stereocenters. The molecule has 1 aromatic carbocycles.